The van der Waals surface area contributed by atoms with Crippen LogP contribution in [-0.4, -0.2) is 30.6 Å². The highest BCUT2D eigenvalue weighted by Gasteiger charge is 2.28. The van der Waals surface area contributed by atoms with E-state index in [0.717, 1.165) is 32.7 Å². The van der Waals surface area contributed by atoms with Crippen molar-refractivity contribution in [2.75, 3.05) is 10.8 Å². The lowest BCUT2D eigenvalue weighted by Crippen LogP contribution is -2.35. The second kappa shape index (κ2) is 8.23. The molecule has 0 saturated heterocycles. The fraction of sp³-hybridized carbons (Fsp3) is 0.125. The number of rotatable bonds is 6. The summed E-state index contributed by atoms with van der Waals surface area (Å²) in [4.78, 5) is 11.4. The van der Waals surface area contributed by atoms with Gasteiger partial charge in [-0.3, -0.25) is 9.10 Å². The molecule has 3 aromatic carbocycles. The summed E-state index contributed by atoms with van der Waals surface area (Å²) in [6.07, 6.45) is 5.42. The van der Waals surface area contributed by atoms with Crippen LogP contribution in [0, 0.1) is 12.3 Å². The van der Waals surface area contributed by atoms with E-state index in [-0.39, 0.29) is 21.2 Å². The Bertz CT molecular complexity index is 1520. The van der Waals surface area contributed by atoms with Crippen LogP contribution in [0.5, 0.6) is 0 Å². The molecule has 0 bridgehead atoms. The number of sulfonamides is 1. The fourth-order valence-corrected chi connectivity index (χ4v) is 5.68. The van der Waals surface area contributed by atoms with Crippen molar-refractivity contribution < 1.29 is 18.3 Å². The maximum atomic E-state index is 13.5. The van der Waals surface area contributed by atoms with Crippen LogP contribution >= 0.6 is 11.6 Å². The predicted octanol–water partition coefficient (Wildman–Crippen LogP) is 4.73. The number of benzene rings is 3. The summed E-state index contributed by atoms with van der Waals surface area (Å²) in [5, 5.41) is 11.4. The molecule has 0 aliphatic carbocycles. The predicted molar refractivity (Wildman–Crippen MR) is 127 cm³/mol. The van der Waals surface area contributed by atoms with Gasteiger partial charge in [0.1, 0.15) is 6.54 Å². The SMILES string of the molecule is C#Cc1cc(Cl)cc(S(=O)(=O)N(CC(=O)O)c2ccc3c(c2)c2ccccc2n3CC)c1. The fourth-order valence-electron chi connectivity index (χ4n) is 3.90. The Morgan fingerprint density at radius 1 is 1.09 bits per heavy atom. The van der Waals surface area contributed by atoms with Crippen LogP contribution in [0.2, 0.25) is 5.02 Å². The lowest BCUT2D eigenvalue weighted by Gasteiger charge is -2.23. The van der Waals surface area contributed by atoms with Gasteiger partial charge >= 0.3 is 5.97 Å². The molecule has 1 N–H and O–H groups in total. The number of aryl methyl sites for hydroxylation is 1. The Hall–Kier alpha value is -3.47. The van der Waals surface area contributed by atoms with E-state index in [1.165, 1.54) is 18.2 Å². The molecule has 0 radical (unpaired) electrons. The first-order valence-corrected chi connectivity index (χ1v) is 11.6. The van der Waals surface area contributed by atoms with Crippen LogP contribution < -0.4 is 4.31 Å². The number of carbonyl (C=O) groups is 1. The van der Waals surface area contributed by atoms with Crippen LogP contribution in [0.25, 0.3) is 21.8 Å². The maximum Gasteiger partial charge on any atom is 0.324 e. The third-order valence-electron chi connectivity index (χ3n) is 5.26. The second-order valence-electron chi connectivity index (χ2n) is 7.19. The van der Waals surface area contributed by atoms with Crippen molar-refractivity contribution in [1.29, 1.82) is 0 Å². The number of nitrogens with zero attached hydrogens (tertiary/aromatic N) is 2. The van der Waals surface area contributed by atoms with Gasteiger partial charge in [0.25, 0.3) is 10.0 Å². The van der Waals surface area contributed by atoms with E-state index in [1.807, 2.05) is 37.3 Å². The zero-order chi connectivity index (χ0) is 23.0. The van der Waals surface area contributed by atoms with Crippen molar-refractivity contribution in [1.82, 2.24) is 4.57 Å². The number of terminal acetylenes is 1. The van der Waals surface area contributed by atoms with Gasteiger partial charge in [0.05, 0.1) is 10.6 Å². The van der Waals surface area contributed by atoms with E-state index in [1.54, 1.807) is 12.1 Å². The highest BCUT2D eigenvalue weighted by molar-refractivity contribution is 7.92. The molecule has 32 heavy (non-hydrogen) atoms. The highest BCUT2D eigenvalue weighted by atomic mass is 35.5. The lowest BCUT2D eigenvalue weighted by atomic mass is 10.1. The molecule has 162 valence electrons. The normalized spacial score (nSPS) is 11.5. The monoisotopic (exact) mass is 466 g/mol. The first-order valence-electron chi connectivity index (χ1n) is 9.79. The number of anilines is 1. The van der Waals surface area contributed by atoms with E-state index >= 15 is 0 Å². The summed E-state index contributed by atoms with van der Waals surface area (Å²) < 4.78 is 29.9. The summed E-state index contributed by atoms with van der Waals surface area (Å²) in [5.74, 6) is 1.08. The third-order valence-corrected chi connectivity index (χ3v) is 7.23. The standard InChI is InChI=1S/C24H19ClN2O4S/c1-3-16-11-17(25)13-19(12-16)32(30,31)27(15-24(28)29)18-9-10-23-21(14-18)20-7-5-6-8-22(20)26(23)4-2/h1,5-14H,4,15H2,2H3,(H,28,29). The molecule has 1 heterocycles. The van der Waals surface area contributed by atoms with Gasteiger partial charge < -0.3 is 9.67 Å². The minimum atomic E-state index is -4.26. The van der Waals surface area contributed by atoms with Gasteiger partial charge in [-0.2, -0.15) is 0 Å². The Labute approximate surface area is 190 Å². The molecular formula is C24H19ClN2O4S. The molecule has 0 saturated carbocycles. The first kappa shape index (κ1) is 21.8. The lowest BCUT2D eigenvalue weighted by molar-refractivity contribution is -0.135. The molecule has 1 aromatic heterocycles. The maximum absolute atomic E-state index is 13.5. The number of aliphatic carboxylic acids is 1. The number of carboxylic acids is 1. The molecule has 4 aromatic rings. The van der Waals surface area contributed by atoms with Crippen LogP contribution in [0.3, 0.4) is 0 Å². The van der Waals surface area contributed by atoms with Gasteiger partial charge in [0.2, 0.25) is 0 Å². The molecule has 0 fully saturated rings. The van der Waals surface area contributed by atoms with Crippen molar-refractivity contribution in [3.63, 3.8) is 0 Å². The smallest absolute Gasteiger partial charge is 0.324 e. The van der Waals surface area contributed by atoms with Crippen molar-refractivity contribution in [3.8, 4) is 12.3 Å². The van der Waals surface area contributed by atoms with Crippen LogP contribution in [-0.2, 0) is 21.4 Å². The van der Waals surface area contributed by atoms with Gasteiger partial charge in [-0.15, -0.1) is 6.42 Å². The molecule has 0 spiro atoms. The van der Waals surface area contributed by atoms with Gasteiger partial charge in [-0.1, -0.05) is 35.7 Å². The Morgan fingerprint density at radius 2 is 1.81 bits per heavy atom. The van der Waals surface area contributed by atoms with E-state index in [0.29, 0.717) is 0 Å². The molecule has 0 aliphatic rings. The summed E-state index contributed by atoms with van der Waals surface area (Å²) in [6.45, 7) is 2.01. The highest BCUT2D eigenvalue weighted by Crippen LogP contribution is 2.34. The molecule has 0 aliphatic heterocycles. The van der Waals surface area contributed by atoms with Crippen LogP contribution in [0.15, 0.2) is 65.6 Å². The zero-order valence-electron chi connectivity index (χ0n) is 17.1. The van der Waals surface area contributed by atoms with E-state index in [2.05, 4.69) is 10.5 Å². The molecule has 0 amide bonds. The molecule has 8 heteroatoms. The van der Waals surface area contributed by atoms with Crippen molar-refractivity contribution in [2.45, 2.75) is 18.4 Å². The number of para-hydroxylation sites is 1. The van der Waals surface area contributed by atoms with Gasteiger partial charge in [0, 0.05) is 38.9 Å². The zero-order valence-corrected chi connectivity index (χ0v) is 18.7. The number of fused-ring (bicyclic) bond motifs is 3. The largest absolute Gasteiger partial charge is 0.480 e. The first-order chi connectivity index (χ1) is 15.3. The minimum absolute atomic E-state index is 0.149. The van der Waals surface area contributed by atoms with Crippen molar-refractivity contribution in [2.24, 2.45) is 0 Å². The van der Waals surface area contributed by atoms with Gasteiger partial charge in [-0.05, 0) is 49.4 Å². The molecule has 4 rings (SSSR count). The average Bonchev–Trinajstić information content (AvgIpc) is 3.09. The molecular weight excluding hydrogens is 448 g/mol. The Balaban J connectivity index is 1.94. The Kier molecular flexibility index (Phi) is 5.59. The molecule has 0 atom stereocenters. The van der Waals surface area contributed by atoms with Crippen molar-refractivity contribution >= 4 is 55.1 Å². The van der Waals surface area contributed by atoms with Crippen molar-refractivity contribution in [3.05, 3.63) is 71.2 Å². The summed E-state index contributed by atoms with van der Waals surface area (Å²) in [5.41, 5.74) is 2.47. The van der Waals surface area contributed by atoms with Gasteiger partial charge in [0.15, 0.2) is 0 Å². The number of hydrogen-bond donors (Lipinski definition) is 1. The topological polar surface area (TPSA) is 79.6 Å². The minimum Gasteiger partial charge on any atom is -0.480 e. The van der Waals surface area contributed by atoms with Crippen LogP contribution in [0.4, 0.5) is 5.69 Å². The molecule has 6 nitrogen and oxygen atoms in total. The molecule has 0 unspecified atom stereocenters. The number of halogens is 1. The number of aromatic nitrogens is 1. The van der Waals surface area contributed by atoms with Crippen LogP contribution in [0.1, 0.15) is 12.5 Å². The third kappa shape index (κ3) is 3.68. The number of carboxylic acid groups (broad SMARTS) is 1. The van der Waals surface area contributed by atoms with Gasteiger partial charge in [-0.25, -0.2) is 8.42 Å². The average molecular weight is 467 g/mol. The summed E-state index contributed by atoms with van der Waals surface area (Å²) >= 11 is 6.06. The van der Waals surface area contributed by atoms with E-state index in [4.69, 9.17) is 18.0 Å². The summed E-state index contributed by atoms with van der Waals surface area (Å²) in [6, 6.07) is 17.0. The second-order valence-corrected chi connectivity index (χ2v) is 9.49. The number of hydrogen-bond acceptors (Lipinski definition) is 3. The van der Waals surface area contributed by atoms with E-state index < -0.39 is 22.5 Å². The summed E-state index contributed by atoms with van der Waals surface area (Å²) in [7, 11) is -4.26. The van der Waals surface area contributed by atoms with E-state index in [9.17, 15) is 18.3 Å². The quantitative estimate of drug-likeness (QED) is 0.417. The Morgan fingerprint density at radius 3 is 2.50 bits per heavy atom.